The average molecular weight is 485 g/mol. The molecule has 0 radical (unpaired) electrons. The molecule has 1 saturated heterocycles. The molecule has 2 aromatic carbocycles. The van der Waals surface area contributed by atoms with E-state index in [2.05, 4.69) is 88.2 Å². The van der Waals surface area contributed by atoms with E-state index in [0.29, 0.717) is 6.42 Å². The van der Waals surface area contributed by atoms with E-state index < -0.39 is 6.04 Å². The standard InChI is InChI=1S/C29H32N4OS/c1-32-11-13-33(14-12-32)20-22-4-8-24(9-5-22)23-6-2-21(3-7-23)16-27(19-30)31-29(34)26-17-25-10-15-35-28(25)18-26/h2-10,15,26-27H,11-14,16-18,20H2,1H3,(H,31,34). The van der Waals surface area contributed by atoms with Crippen LogP contribution in [-0.4, -0.2) is 55.0 Å². The molecule has 180 valence electrons. The van der Waals surface area contributed by atoms with Crippen molar-refractivity contribution in [1.29, 1.82) is 5.26 Å². The van der Waals surface area contributed by atoms with Crippen LogP contribution in [0.5, 0.6) is 0 Å². The first kappa shape index (κ1) is 23.7. The van der Waals surface area contributed by atoms with Crippen LogP contribution in [0.2, 0.25) is 0 Å². The van der Waals surface area contributed by atoms with Crippen molar-refractivity contribution in [3.05, 3.63) is 81.5 Å². The zero-order chi connectivity index (χ0) is 24.2. The van der Waals surface area contributed by atoms with Crippen molar-refractivity contribution in [2.24, 2.45) is 5.92 Å². The summed E-state index contributed by atoms with van der Waals surface area (Å²) >= 11 is 1.72. The first-order valence-corrected chi connectivity index (χ1v) is 13.3. The van der Waals surface area contributed by atoms with Crippen molar-refractivity contribution in [3.8, 4) is 17.2 Å². The molecular formula is C29H32N4OS. The highest BCUT2D eigenvalue weighted by atomic mass is 32.1. The van der Waals surface area contributed by atoms with E-state index in [1.807, 2.05) is 0 Å². The number of piperazine rings is 1. The Morgan fingerprint density at radius 3 is 2.29 bits per heavy atom. The maximum atomic E-state index is 12.7. The lowest BCUT2D eigenvalue weighted by molar-refractivity contribution is -0.125. The predicted octanol–water partition coefficient (Wildman–Crippen LogP) is 4.13. The number of thiophene rings is 1. The number of benzene rings is 2. The van der Waals surface area contributed by atoms with Gasteiger partial charge in [0.2, 0.25) is 5.91 Å². The minimum Gasteiger partial charge on any atom is -0.340 e. The van der Waals surface area contributed by atoms with Gasteiger partial charge in [-0.2, -0.15) is 5.26 Å². The number of nitrogens with zero attached hydrogens (tertiary/aromatic N) is 3. The molecule has 2 heterocycles. The van der Waals surface area contributed by atoms with Gasteiger partial charge in [0.25, 0.3) is 0 Å². The maximum Gasteiger partial charge on any atom is 0.224 e. The quantitative estimate of drug-likeness (QED) is 0.548. The van der Waals surface area contributed by atoms with Crippen LogP contribution < -0.4 is 5.32 Å². The normalized spacial score (nSPS) is 19.1. The van der Waals surface area contributed by atoms with Gasteiger partial charge < -0.3 is 10.2 Å². The Morgan fingerprint density at radius 2 is 1.66 bits per heavy atom. The van der Waals surface area contributed by atoms with Gasteiger partial charge >= 0.3 is 0 Å². The third-order valence-electron chi connectivity index (χ3n) is 7.26. The van der Waals surface area contributed by atoms with E-state index in [4.69, 9.17) is 0 Å². The fraction of sp³-hybridized carbons (Fsp3) is 0.379. The van der Waals surface area contributed by atoms with Gasteiger partial charge in [0.15, 0.2) is 0 Å². The van der Waals surface area contributed by atoms with E-state index in [1.54, 1.807) is 11.3 Å². The van der Waals surface area contributed by atoms with Gasteiger partial charge in [0.05, 0.1) is 6.07 Å². The summed E-state index contributed by atoms with van der Waals surface area (Å²) in [5, 5.41) is 14.7. The van der Waals surface area contributed by atoms with E-state index >= 15 is 0 Å². The molecule has 0 saturated carbocycles. The Labute approximate surface area is 212 Å². The number of rotatable bonds is 7. The second kappa shape index (κ2) is 10.7. The summed E-state index contributed by atoms with van der Waals surface area (Å²) in [6, 6.07) is 21.1. The largest absolute Gasteiger partial charge is 0.340 e. The first-order valence-electron chi connectivity index (χ1n) is 12.4. The van der Waals surface area contributed by atoms with Crippen molar-refractivity contribution < 1.29 is 4.79 Å². The molecule has 1 fully saturated rings. The molecule has 6 heteroatoms. The van der Waals surface area contributed by atoms with Crippen LogP contribution in [0.3, 0.4) is 0 Å². The van der Waals surface area contributed by atoms with Gasteiger partial charge in [-0.3, -0.25) is 9.69 Å². The van der Waals surface area contributed by atoms with Gasteiger partial charge in [-0.15, -0.1) is 11.3 Å². The van der Waals surface area contributed by atoms with Crippen molar-refractivity contribution >= 4 is 17.2 Å². The summed E-state index contributed by atoms with van der Waals surface area (Å²) < 4.78 is 0. The Morgan fingerprint density at radius 1 is 1.00 bits per heavy atom. The Bertz CT molecular complexity index is 1170. The van der Waals surface area contributed by atoms with Crippen LogP contribution >= 0.6 is 11.3 Å². The highest BCUT2D eigenvalue weighted by molar-refractivity contribution is 7.10. The van der Waals surface area contributed by atoms with Crippen molar-refractivity contribution in [3.63, 3.8) is 0 Å². The number of hydrogen-bond acceptors (Lipinski definition) is 5. The lowest BCUT2D eigenvalue weighted by atomic mass is 9.99. The second-order valence-electron chi connectivity index (χ2n) is 9.84. The van der Waals surface area contributed by atoms with Crippen LogP contribution in [0.15, 0.2) is 60.0 Å². The maximum absolute atomic E-state index is 12.7. The van der Waals surface area contributed by atoms with Crippen LogP contribution in [-0.2, 0) is 30.6 Å². The number of hydrogen-bond donors (Lipinski definition) is 1. The Hall–Kier alpha value is -2.98. The average Bonchev–Trinajstić information content (AvgIpc) is 3.49. The molecule has 2 aliphatic rings. The number of amides is 1. The smallest absolute Gasteiger partial charge is 0.224 e. The molecule has 1 N–H and O–H groups in total. The molecular weight excluding hydrogens is 452 g/mol. The summed E-state index contributed by atoms with van der Waals surface area (Å²) in [4.78, 5) is 18.9. The molecule has 1 aromatic heterocycles. The van der Waals surface area contributed by atoms with Crippen LogP contribution in [0, 0.1) is 17.2 Å². The molecule has 1 aliphatic heterocycles. The van der Waals surface area contributed by atoms with Crippen LogP contribution in [0.25, 0.3) is 11.1 Å². The lowest BCUT2D eigenvalue weighted by Gasteiger charge is -2.32. The molecule has 2 unspecified atom stereocenters. The molecule has 35 heavy (non-hydrogen) atoms. The molecule has 2 atom stereocenters. The number of nitriles is 1. The zero-order valence-corrected chi connectivity index (χ0v) is 21.1. The number of fused-ring (bicyclic) bond motifs is 1. The SMILES string of the molecule is CN1CCN(Cc2ccc(-c3ccc(CC(C#N)NC(=O)C4Cc5ccsc5C4)cc3)cc2)CC1. The van der Waals surface area contributed by atoms with Crippen molar-refractivity contribution in [2.75, 3.05) is 33.2 Å². The summed E-state index contributed by atoms with van der Waals surface area (Å²) in [6.07, 6.45) is 2.09. The molecule has 1 aliphatic carbocycles. The second-order valence-corrected chi connectivity index (χ2v) is 10.8. The number of carbonyl (C=O) groups is 1. The minimum atomic E-state index is -0.513. The molecule has 0 spiro atoms. The number of nitrogens with one attached hydrogen (secondary N) is 1. The Balaban J connectivity index is 1.14. The zero-order valence-electron chi connectivity index (χ0n) is 20.2. The summed E-state index contributed by atoms with van der Waals surface area (Å²) in [7, 11) is 2.18. The van der Waals surface area contributed by atoms with Gasteiger partial charge in [-0.25, -0.2) is 0 Å². The highest BCUT2D eigenvalue weighted by Crippen LogP contribution is 2.31. The Kier molecular flexibility index (Phi) is 7.29. The fourth-order valence-corrected chi connectivity index (χ4v) is 6.03. The van der Waals surface area contributed by atoms with E-state index in [1.165, 1.54) is 21.6 Å². The third-order valence-corrected chi connectivity index (χ3v) is 8.25. The van der Waals surface area contributed by atoms with Crippen LogP contribution in [0.1, 0.15) is 21.6 Å². The molecule has 5 nitrogen and oxygen atoms in total. The molecule has 3 aromatic rings. The predicted molar refractivity (Wildman–Crippen MR) is 141 cm³/mol. The first-order chi connectivity index (χ1) is 17.1. The van der Waals surface area contributed by atoms with Gasteiger partial charge in [-0.1, -0.05) is 48.5 Å². The van der Waals surface area contributed by atoms with Crippen LogP contribution in [0.4, 0.5) is 0 Å². The number of likely N-dealkylation sites (N-methyl/N-ethyl adjacent to an activating group) is 1. The molecule has 0 bridgehead atoms. The van der Waals surface area contributed by atoms with Gasteiger partial charge in [0, 0.05) is 49.9 Å². The summed E-state index contributed by atoms with van der Waals surface area (Å²) in [5.74, 6) is -0.0527. The van der Waals surface area contributed by atoms with E-state index in [-0.39, 0.29) is 11.8 Å². The topological polar surface area (TPSA) is 59.4 Å². The van der Waals surface area contributed by atoms with Crippen molar-refractivity contribution in [1.82, 2.24) is 15.1 Å². The third kappa shape index (κ3) is 5.82. The molecule has 1 amide bonds. The summed E-state index contributed by atoms with van der Waals surface area (Å²) in [6.45, 7) is 5.53. The molecule has 5 rings (SSSR count). The van der Waals surface area contributed by atoms with Gasteiger partial charge in [0.1, 0.15) is 6.04 Å². The van der Waals surface area contributed by atoms with Crippen molar-refractivity contribution in [2.45, 2.75) is 31.8 Å². The van der Waals surface area contributed by atoms with E-state index in [0.717, 1.165) is 56.7 Å². The van der Waals surface area contributed by atoms with E-state index in [9.17, 15) is 10.1 Å². The van der Waals surface area contributed by atoms with Gasteiger partial charge in [-0.05, 0) is 59.2 Å². The lowest BCUT2D eigenvalue weighted by Crippen LogP contribution is -2.43. The summed E-state index contributed by atoms with van der Waals surface area (Å²) in [5.41, 5.74) is 6.04. The minimum absolute atomic E-state index is 0.00627. The fourth-order valence-electron chi connectivity index (χ4n) is 5.03. The highest BCUT2D eigenvalue weighted by Gasteiger charge is 2.29. The number of carbonyl (C=O) groups excluding carboxylic acids is 1. The monoisotopic (exact) mass is 484 g/mol.